The number of aryl methyl sites for hydroxylation is 1. The molecule has 1 aliphatic rings. The lowest BCUT2D eigenvalue weighted by Crippen LogP contribution is -2.43. The fraction of sp³-hybridized carbons (Fsp3) is 0.562. The van der Waals surface area contributed by atoms with Crippen molar-refractivity contribution in [1.82, 2.24) is 4.90 Å². The van der Waals surface area contributed by atoms with E-state index in [2.05, 4.69) is 0 Å². The van der Waals surface area contributed by atoms with Gasteiger partial charge in [-0.25, -0.2) is 0 Å². The molecule has 0 bridgehead atoms. The average Bonchev–Trinajstić information content (AvgIpc) is 2.92. The third-order valence-corrected chi connectivity index (χ3v) is 3.95. The van der Waals surface area contributed by atoms with Crippen molar-refractivity contribution in [1.29, 1.82) is 0 Å². The number of ether oxygens (including phenoxy) is 3. The zero-order chi connectivity index (χ0) is 15.3. The zero-order valence-electron chi connectivity index (χ0n) is 12.9. The Hall–Kier alpha value is -1.59. The minimum atomic E-state index is -0.439. The summed E-state index contributed by atoms with van der Waals surface area (Å²) in [6.45, 7) is 3.77. The van der Waals surface area contributed by atoms with Crippen LogP contribution in [0.4, 0.5) is 0 Å². The molecule has 0 spiro atoms. The third-order valence-electron chi connectivity index (χ3n) is 3.95. The highest BCUT2D eigenvalue weighted by molar-refractivity contribution is 5.77. The average molecular weight is 293 g/mol. The van der Waals surface area contributed by atoms with Crippen LogP contribution in [0.1, 0.15) is 12.0 Å². The van der Waals surface area contributed by atoms with Crippen molar-refractivity contribution in [3.63, 3.8) is 0 Å². The summed E-state index contributed by atoms with van der Waals surface area (Å²) < 4.78 is 16.5. The van der Waals surface area contributed by atoms with E-state index in [1.54, 1.807) is 12.0 Å². The number of carbonyl (C=O) groups excluding carboxylic acids is 1. The molecule has 1 aromatic carbocycles. The Labute approximate surface area is 125 Å². The van der Waals surface area contributed by atoms with E-state index in [1.165, 1.54) is 7.11 Å². The van der Waals surface area contributed by atoms with Crippen LogP contribution in [0.3, 0.4) is 0 Å². The summed E-state index contributed by atoms with van der Waals surface area (Å²) in [6, 6.07) is 7.89. The lowest BCUT2D eigenvalue weighted by molar-refractivity contribution is -0.135. The van der Waals surface area contributed by atoms with E-state index >= 15 is 0 Å². The van der Waals surface area contributed by atoms with E-state index in [9.17, 15) is 4.79 Å². The number of hydrogen-bond acceptors (Lipinski definition) is 4. The van der Waals surface area contributed by atoms with Crippen LogP contribution in [0.25, 0.3) is 0 Å². The molecule has 0 unspecified atom stereocenters. The van der Waals surface area contributed by atoms with Gasteiger partial charge in [0.05, 0.1) is 6.54 Å². The Morgan fingerprint density at radius 1 is 1.33 bits per heavy atom. The molecule has 1 atom stereocenters. The fourth-order valence-electron chi connectivity index (χ4n) is 2.54. The first-order valence-corrected chi connectivity index (χ1v) is 7.10. The maximum Gasteiger partial charge on any atom is 0.248 e. The number of amides is 1. The van der Waals surface area contributed by atoms with E-state index in [1.807, 2.05) is 31.2 Å². The Morgan fingerprint density at radius 2 is 2.10 bits per heavy atom. The first-order valence-electron chi connectivity index (χ1n) is 7.10. The monoisotopic (exact) mass is 293 g/mol. The van der Waals surface area contributed by atoms with Gasteiger partial charge in [0.15, 0.2) is 0 Å². The first kappa shape index (κ1) is 15.8. The maximum absolute atomic E-state index is 11.9. The fourth-order valence-corrected chi connectivity index (χ4v) is 2.54. The van der Waals surface area contributed by atoms with E-state index in [-0.39, 0.29) is 12.5 Å². The van der Waals surface area contributed by atoms with Crippen molar-refractivity contribution in [3.8, 4) is 5.75 Å². The van der Waals surface area contributed by atoms with Crippen molar-refractivity contribution in [2.24, 2.45) is 0 Å². The summed E-state index contributed by atoms with van der Waals surface area (Å²) in [5.41, 5.74) is 0.653. The molecule has 1 aliphatic heterocycles. The van der Waals surface area contributed by atoms with Crippen LogP contribution >= 0.6 is 0 Å². The topological polar surface area (TPSA) is 48.0 Å². The van der Waals surface area contributed by atoms with Crippen molar-refractivity contribution in [3.05, 3.63) is 29.8 Å². The summed E-state index contributed by atoms with van der Waals surface area (Å²) in [7, 11) is 3.20. The number of methoxy groups -OCH3 is 2. The predicted octanol–water partition coefficient (Wildman–Crippen LogP) is 1.64. The van der Waals surface area contributed by atoms with Gasteiger partial charge in [-0.3, -0.25) is 4.79 Å². The van der Waals surface area contributed by atoms with Crippen LogP contribution < -0.4 is 4.74 Å². The van der Waals surface area contributed by atoms with Gasteiger partial charge in [-0.2, -0.15) is 0 Å². The molecule has 2 rings (SSSR count). The molecule has 0 N–H and O–H groups in total. The van der Waals surface area contributed by atoms with E-state index in [0.29, 0.717) is 19.7 Å². The van der Waals surface area contributed by atoms with Crippen LogP contribution in [0.5, 0.6) is 5.75 Å². The lowest BCUT2D eigenvalue weighted by Gasteiger charge is -2.28. The molecule has 0 saturated carbocycles. The van der Waals surface area contributed by atoms with Crippen LogP contribution in [0.15, 0.2) is 24.3 Å². The minimum Gasteiger partial charge on any atom is -0.490 e. The Morgan fingerprint density at radius 3 is 2.76 bits per heavy atom. The number of likely N-dealkylation sites (tertiary alicyclic amines) is 1. The van der Waals surface area contributed by atoms with Crippen LogP contribution in [0.2, 0.25) is 0 Å². The molecule has 116 valence electrons. The largest absolute Gasteiger partial charge is 0.490 e. The number of carbonyl (C=O) groups is 1. The number of rotatable bonds is 6. The Kier molecular flexibility index (Phi) is 5.20. The van der Waals surface area contributed by atoms with Gasteiger partial charge in [0.1, 0.15) is 24.6 Å². The Bertz CT molecular complexity index is 491. The predicted molar refractivity (Wildman–Crippen MR) is 79.5 cm³/mol. The summed E-state index contributed by atoms with van der Waals surface area (Å²) >= 11 is 0. The normalized spacial score (nSPS) is 21.6. The summed E-state index contributed by atoms with van der Waals surface area (Å²) in [5, 5.41) is 0. The molecule has 1 heterocycles. The number of para-hydroxylation sites is 1. The summed E-state index contributed by atoms with van der Waals surface area (Å²) in [4.78, 5) is 13.7. The second-order valence-electron chi connectivity index (χ2n) is 5.44. The highest BCUT2D eigenvalue weighted by atomic mass is 16.5. The quantitative estimate of drug-likeness (QED) is 0.800. The molecule has 0 radical (unpaired) electrons. The van der Waals surface area contributed by atoms with Gasteiger partial charge >= 0.3 is 0 Å². The van der Waals surface area contributed by atoms with E-state index < -0.39 is 5.60 Å². The van der Waals surface area contributed by atoms with Crippen molar-refractivity contribution < 1.29 is 19.0 Å². The lowest BCUT2D eigenvalue weighted by atomic mass is 10.0. The smallest absolute Gasteiger partial charge is 0.248 e. The van der Waals surface area contributed by atoms with Crippen LogP contribution in [0, 0.1) is 6.92 Å². The summed E-state index contributed by atoms with van der Waals surface area (Å²) in [6.07, 6.45) is 0.769. The first-order chi connectivity index (χ1) is 10.1. The zero-order valence-corrected chi connectivity index (χ0v) is 12.9. The highest BCUT2D eigenvalue weighted by Gasteiger charge is 2.41. The van der Waals surface area contributed by atoms with Crippen molar-refractivity contribution in [2.75, 3.05) is 40.5 Å². The SMILES string of the molecule is COCC(=O)N1CC[C@](COc2ccccc2C)(OC)C1. The van der Waals surface area contributed by atoms with Gasteiger partial charge in [-0.05, 0) is 25.0 Å². The molecule has 5 heteroatoms. The second kappa shape index (κ2) is 6.91. The van der Waals surface area contributed by atoms with E-state index in [4.69, 9.17) is 14.2 Å². The van der Waals surface area contributed by atoms with Crippen LogP contribution in [-0.2, 0) is 14.3 Å². The second-order valence-corrected chi connectivity index (χ2v) is 5.44. The van der Waals surface area contributed by atoms with E-state index in [0.717, 1.165) is 17.7 Å². The molecule has 1 fully saturated rings. The van der Waals surface area contributed by atoms with Gasteiger partial charge < -0.3 is 19.1 Å². The molecular formula is C16H23NO4. The molecule has 5 nitrogen and oxygen atoms in total. The minimum absolute atomic E-state index is 0.00711. The van der Waals surface area contributed by atoms with Crippen LogP contribution in [-0.4, -0.2) is 56.9 Å². The van der Waals surface area contributed by atoms with Gasteiger partial charge in [0, 0.05) is 20.8 Å². The highest BCUT2D eigenvalue weighted by Crippen LogP contribution is 2.27. The molecule has 21 heavy (non-hydrogen) atoms. The molecule has 0 aromatic heterocycles. The van der Waals surface area contributed by atoms with Gasteiger partial charge in [-0.15, -0.1) is 0 Å². The Balaban J connectivity index is 1.97. The summed E-state index contributed by atoms with van der Waals surface area (Å²) in [5.74, 6) is 0.850. The molecule has 1 amide bonds. The molecule has 1 saturated heterocycles. The van der Waals surface area contributed by atoms with Gasteiger partial charge in [-0.1, -0.05) is 18.2 Å². The number of hydrogen-bond donors (Lipinski definition) is 0. The maximum atomic E-state index is 11.9. The third kappa shape index (κ3) is 3.74. The molecular weight excluding hydrogens is 270 g/mol. The van der Waals surface area contributed by atoms with Gasteiger partial charge in [0.2, 0.25) is 5.91 Å². The van der Waals surface area contributed by atoms with Crippen molar-refractivity contribution in [2.45, 2.75) is 18.9 Å². The number of nitrogens with zero attached hydrogens (tertiary/aromatic N) is 1. The molecule has 1 aromatic rings. The standard InChI is InChI=1S/C16H23NO4/c1-13-6-4-5-7-14(13)21-12-16(20-3)8-9-17(11-16)15(18)10-19-2/h4-7H,8-12H2,1-3H3/t16-/m0/s1. The van der Waals surface area contributed by atoms with Crippen molar-refractivity contribution >= 4 is 5.91 Å². The van der Waals surface area contributed by atoms with Gasteiger partial charge in [0.25, 0.3) is 0 Å². The molecule has 0 aliphatic carbocycles. The number of benzene rings is 1.